The third-order valence-corrected chi connectivity index (χ3v) is 9.58. The zero-order valence-electron chi connectivity index (χ0n) is 28.9. The molecule has 244 valence electrons. The van der Waals surface area contributed by atoms with Crippen LogP contribution in [0.15, 0.2) is 101 Å². The molecule has 46 heavy (non-hydrogen) atoms. The van der Waals surface area contributed by atoms with Gasteiger partial charge in [0.1, 0.15) is 0 Å². The van der Waals surface area contributed by atoms with E-state index in [1.165, 1.54) is 22.4 Å². The molecule has 1 unspecified atom stereocenters. The summed E-state index contributed by atoms with van der Waals surface area (Å²) in [5.74, 6) is -1.55. The van der Waals surface area contributed by atoms with Crippen molar-refractivity contribution in [3.63, 3.8) is 0 Å². The Kier molecular flexibility index (Phi) is 10.6. The van der Waals surface area contributed by atoms with Crippen LogP contribution in [0, 0.1) is 12.3 Å². The molecule has 0 radical (unpaired) electrons. The van der Waals surface area contributed by atoms with E-state index in [1.807, 2.05) is 44.2 Å². The predicted octanol–water partition coefficient (Wildman–Crippen LogP) is 8.24. The molecular weight excluding hydrogens is 570 g/mol. The summed E-state index contributed by atoms with van der Waals surface area (Å²) < 4.78 is 0. The van der Waals surface area contributed by atoms with E-state index in [4.69, 9.17) is 4.99 Å². The summed E-state index contributed by atoms with van der Waals surface area (Å²) >= 11 is 0. The number of benzene rings is 2. The number of nitrogens with one attached hydrogen (secondary N) is 1. The number of para-hydroxylation sites is 1. The van der Waals surface area contributed by atoms with Crippen LogP contribution >= 0.6 is 0 Å². The van der Waals surface area contributed by atoms with Crippen LogP contribution in [0.3, 0.4) is 0 Å². The summed E-state index contributed by atoms with van der Waals surface area (Å²) in [6, 6.07) is 16.8. The lowest BCUT2D eigenvalue weighted by atomic mass is 9.70. The summed E-state index contributed by atoms with van der Waals surface area (Å²) in [4.78, 5) is 33.8. The van der Waals surface area contributed by atoms with E-state index in [-0.39, 0.29) is 23.7 Å². The van der Waals surface area contributed by atoms with Gasteiger partial charge in [-0.05, 0) is 86.1 Å². The second-order valence-electron chi connectivity index (χ2n) is 13.5. The second kappa shape index (κ2) is 14.1. The molecule has 4 rings (SSSR count). The first-order chi connectivity index (χ1) is 21.8. The molecule has 6 nitrogen and oxygen atoms in total. The molecule has 1 atom stereocenters. The Labute approximate surface area is 275 Å². The summed E-state index contributed by atoms with van der Waals surface area (Å²) in [6.07, 6.45) is 11.1. The van der Waals surface area contributed by atoms with Gasteiger partial charge in [-0.1, -0.05) is 95.3 Å². The van der Waals surface area contributed by atoms with E-state index >= 15 is 0 Å². The van der Waals surface area contributed by atoms with Crippen molar-refractivity contribution in [2.45, 2.75) is 85.5 Å². The van der Waals surface area contributed by atoms with Crippen LogP contribution in [-0.2, 0) is 20.4 Å². The van der Waals surface area contributed by atoms with Crippen LogP contribution < -0.4 is 10.2 Å². The summed E-state index contributed by atoms with van der Waals surface area (Å²) in [5.41, 5.74) is 6.29. The van der Waals surface area contributed by atoms with Gasteiger partial charge in [-0.25, -0.2) is 0 Å². The molecule has 2 aromatic rings. The van der Waals surface area contributed by atoms with Gasteiger partial charge in [-0.15, -0.1) is 0 Å². The molecule has 0 fully saturated rings. The number of carbonyl (C=O) groups is 2. The zero-order chi connectivity index (χ0) is 33.7. The van der Waals surface area contributed by atoms with Crippen molar-refractivity contribution >= 4 is 23.3 Å². The number of hydrogen-bond donors (Lipinski definition) is 2. The molecule has 2 aromatic carbocycles. The molecule has 1 heterocycles. The Morgan fingerprint density at radius 2 is 1.72 bits per heavy atom. The monoisotopic (exact) mass is 621 g/mol. The molecule has 0 saturated carbocycles. The minimum Gasteiger partial charge on any atom is -0.480 e. The highest BCUT2D eigenvalue weighted by molar-refractivity contribution is 6.04. The number of rotatable bonds is 11. The largest absolute Gasteiger partial charge is 0.480 e. The number of anilines is 1. The maximum absolute atomic E-state index is 13.6. The number of aliphatic carboxylic acids is 1. The van der Waals surface area contributed by atoms with E-state index in [9.17, 15) is 14.7 Å². The molecule has 0 spiro atoms. The van der Waals surface area contributed by atoms with Crippen molar-refractivity contribution in [3.05, 3.63) is 112 Å². The van der Waals surface area contributed by atoms with Crippen molar-refractivity contribution in [1.82, 2.24) is 5.32 Å². The number of nitrogens with zero attached hydrogens (tertiary/aromatic N) is 2. The quantitative estimate of drug-likeness (QED) is 0.196. The molecule has 0 saturated heterocycles. The number of aliphatic imine (C=N–C) groups is 1. The van der Waals surface area contributed by atoms with Crippen molar-refractivity contribution in [1.29, 1.82) is 0 Å². The molecule has 2 aliphatic rings. The first-order valence-electron chi connectivity index (χ1n) is 16.6. The average molecular weight is 622 g/mol. The minimum atomic E-state index is -1.61. The third-order valence-electron chi connectivity index (χ3n) is 9.58. The van der Waals surface area contributed by atoms with Crippen LogP contribution in [0.4, 0.5) is 5.69 Å². The lowest BCUT2D eigenvalue weighted by Gasteiger charge is -2.33. The van der Waals surface area contributed by atoms with Crippen LogP contribution in [0.1, 0.15) is 84.4 Å². The van der Waals surface area contributed by atoms with Crippen molar-refractivity contribution in [3.8, 4) is 0 Å². The SMILES string of the molecule is CCCNC(=O)C1(C(=O)O)CC(/C=C/C(=NCC)C(C)(C)c2ccccc2C)=CC(=C/C=C2/N(CC)c3ccccc3C2(C)C)/C1. The van der Waals surface area contributed by atoms with Gasteiger partial charge in [-0.2, -0.15) is 0 Å². The fraction of sp³-hybridized carbons (Fsp3) is 0.425. The Morgan fingerprint density at radius 1 is 1.02 bits per heavy atom. The van der Waals surface area contributed by atoms with Crippen molar-refractivity contribution in [2.75, 3.05) is 24.5 Å². The van der Waals surface area contributed by atoms with Crippen LogP contribution in [-0.4, -0.2) is 42.3 Å². The minimum absolute atomic E-state index is 0.102. The smallest absolute Gasteiger partial charge is 0.319 e. The predicted molar refractivity (Wildman–Crippen MR) is 191 cm³/mol. The van der Waals surface area contributed by atoms with Crippen LogP contribution in [0.2, 0.25) is 0 Å². The molecular formula is C40H51N3O3. The molecule has 0 aromatic heterocycles. The van der Waals surface area contributed by atoms with Gasteiger partial charge in [0, 0.05) is 47.6 Å². The van der Waals surface area contributed by atoms with Crippen LogP contribution in [0.25, 0.3) is 0 Å². The maximum Gasteiger partial charge on any atom is 0.319 e. The highest BCUT2D eigenvalue weighted by Gasteiger charge is 2.48. The van der Waals surface area contributed by atoms with E-state index in [0.717, 1.165) is 35.5 Å². The van der Waals surface area contributed by atoms with Crippen LogP contribution in [0.5, 0.6) is 0 Å². The second-order valence-corrected chi connectivity index (χ2v) is 13.5. The lowest BCUT2D eigenvalue weighted by Crippen LogP contribution is -2.48. The van der Waals surface area contributed by atoms with Gasteiger partial charge in [0.15, 0.2) is 5.41 Å². The molecule has 1 aliphatic heterocycles. The van der Waals surface area contributed by atoms with Gasteiger partial charge >= 0.3 is 5.97 Å². The Balaban J connectivity index is 1.81. The number of fused-ring (bicyclic) bond motifs is 1. The maximum atomic E-state index is 13.6. The van der Waals surface area contributed by atoms with Gasteiger partial charge in [0.05, 0.1) is 0 Å². The first kappa shape index (κ1) is 34.7. The molecule has 6 heteroatoms. The Morgan fingerprint density at radius 3 is 2.37 bits per heavy atom. The fourth-order valence-electron chi connectivity index (χ4n) is 7.03. The third kappa shape index (κ3) is 6.67. The topological polar surface area (TPSA) is 82.0 Å². The van der Waals surface area contributed by atoms with Crippen molar-refractivity contribution in [2.24, 2.45) is 10.4 Å². The van der Waals surface area contributed by atoms with Crippen molar-refractivity contribution < 1.29 is 14.7 Å². The van der Waals surface area contributed by atoms with Gasteiger partial charge in [-0.3, -0.25) is 14.6 Å². The highest BCUT2D eigenvalue weighted by Crippen LogP contribution is 2.48. The summed E-state index contributed by atoms with van der Waals surface area (Å²) in [6.45, 7) is 18.9. The van der Waals surface area contributed by atoms with E-state index in [2.05, 4.69) is 100 Å². The fourth-order valence-corrected chi connectivity index (χ4v) is 7.03. The van der Waals surface area contributed by atoms with Gasteiger partial charge in [0.25, 0.3) is 0 Å². The first-order valence-corrected chi connectivity index (χ1v) is 16.6. The average Bonchev–Trinajstić information content (AvgIpc) is 3.25. The van der Waals surface area contributed by atoms with E-state index in [0.29, 0.717) is 13.1 Å². The number of hydrogen-bond acceptors (Lipinski definition) is 4. The number of aryl methyl sites for hydroxylation is 1. The summed E-state index contributed by atoms with van der Waals surface area (Å²) in [7, 11) is 0. The zero-order valence-corrected chi connectivity index (χ0v) is 28.9. The summed E-state index contributed by atoms with van der Waals surface area (Å²) in [5, 5.41) is 13.5. The normalized spacial score (nSPS) is 21.5. The number of carbonyl (C=O) groups excluding carboxylic acids is 1. The van der Waals surface area contributed by atoms with E-state index < -0.39 is 17.3 Å². The molecule has 1 aliphatic carbocycles. The molecule has 1 amide bonds. The molecule has 2 N–H and O–H groups in total. The Hall–Kier alpha value is -4.19. The van der Waals surface area contributed by atoms with Gasteiger partial charge < -0.3 is 15.3 Å². The number of carboxylic acid groups (broad SMARTS) is 1. The number of amides is 1. The number of allylic oxidation sites excluding steroid dienone is 8. The number of likely N-dealkylation sites (N-methyl/N-ethyl adjacent to an activating group) is 1. The standard InChI is InChI=1S/C40H51N3O3/c1-9-24-42-36(44)40(37(45)46)26-29(20-22-34(41-10-2)38(5,6)31-17-13-12-16-28(31)4)25-30(27-40)21-23-35-39(7,8)32-18-14-15-19-33(32)43(35)11-3/h12-23,25H,9-11,24,26-27H2,1-8H3,(H,42,44)(H,45,46)/b22-20+,30-21-,35-23+,41-34?. The van der Waals surface area contributed by atoms with Gasteiger partial charge in [0.2, 0.25) is 5.91 Å². The highest BCUT2D eigenvalue weighted by atomic mass is 16.4. The Bertz CT molecular complexity index is 1620. The molecule has 0 bridgehead atoms. The number of carboxylic acids is 1. The van der Waals surface area contributed by atoms with E-state index in [1.54, 1.807) is 0 Å². The lowest BCUT2D eigenvalue weighted by molar-refractivity contribution is -0.156.